The molecule has 5 heteroatoms. The molecule has 0 atom stereocenters. The maximum atomic E-state index is 9.45. The van der Waals surface area contributed by atoms with Gasteiger partial charge in [0.15, 0.2) is 0 Å². The number of phenols is 1. The van der Waals surface area contributed by atoms with Crippen molar-refractivity contribution in [2.24, 2.45) is 0 Å². The van der Waals surface area contributed by atoms with Gasteiger partial charge in [-0.2, -0.15) is 0 Å². The quantitative estimate of drug-likeness (QED) is 0.876. The molecule has 0 amide bonds. The number of aryl methyl sites for hydroxylation is 1. The Morgan fingerprint density at radius 2 is 2.18 bits per heavy atom. The van der Waals surface area contributed by atoms with Crippen molar-refractivity contribution in [1.82, 2.24) is 10.2 Å². The van der Waals surface area contributed by atoms with Crippen molar-refractivity contribution in [3.05, 3.63) is 36.0 Å². The molecule has 5 nitrogen and oxygen atoms in total. The molecular weight excluding hydrogens is 218 g/mol. The molecule has 0 aliphatic heterocycles. The third-order valence-electron chi connectivity index (χ3n) is 2.47. The van der Waals surface area contributed by atoms with Crippen LogP contribution in [0.2, 0.25) is 0 Å². The number of nitrogens with zero attached hydrogens (tertiary/aromatic N) is 3. The first-order valence-corrected chi connectivity index (χ1v) is 5.52. The molecule has 1 heterocycles. The zero-order valence-electron chi connectivity index (χ0n) is 9.92. The van der Waals surface area contributed by atoms with E-state index in [1.165, 1.54) is 0 Å². The Morgan fingerprint density at radius 3 is 2.76 bits per heavy atom. The predicted octanol–water partition coefficient (Wildman–Crippen LogP) is 2.11. The standard InChI is InChI=1S/C12H15N3O2/c1-3-15(8-12-14-13-9(2)17-12)10-5-4-6-11(16)7-10/h4-7,16H,3,8H2,1-2H3. The van der Waals surface area contributed by atoms with Crippen molar-refractivity contribution in [3.63, 3.8) is 0 Å². The highest BCUT2D eigenvalue weighted by Crippen LogP contribution is 2.21. The van der Waals surface area contributed by atoms with E-state index in [0.717, 1.165) is 12.2 Å². The Kier molecular flexibility index (Phi) is 3.27. The highest BCUT2D eigenvalue weighted by molar-refractivity contribution is 5.50. The molecule has 0 aliphatic rings. The van der Waals surface area contributed by atoms with Crippen molar-refractivity contribution in [3.8, 4) is 5.75 Å². The molecule has 0 fully saturated rings. The molecule has 90 valence electrons. The lowest BCUT2D eigenvalue weighted by molar-refractivity contribution is 0.461. The van der Waals surface area contributed by atoms with Gasteiger partial charge in [0.1, 0.15) is 5.75 Å². The van der Waals surface area contributed by atoms with E-state index in [1.807, 2.05) is 24.0 Å². The number of aromatic nitrogens is 2. The van der Waals surface area contributed by atoms with E-state index in [2.05, 4.69) is 10.2 Å². The molecule has 0 unspecified atom stereocenters. The zero-order valence-corrected chi connectivity index (χ0v) is 9.92. The van der Waals surface area contributed by atoms with Gasteiger partial charge in [-0.3, -0.25) is 0 Å². The van der Waals surface area contributed by atoms with Gasteiger partial charge in [-0.05, 0) is 19.1 Å². The number of aromatic hydroxyl groups is 1. The summed E-state index contributed by atoms with van der Waals surface area (Å²) < 4.78 is 5.34. The Balaban J connectivity index is 2.16. The molecular formula is C12H15N3O2. The van der Waals surface area contributed by atoms with Crippen LogP contribution in [0.1, 0.15) is 18.7 Å². The number of hydrogen-bond donors (Lipinski definition) is 1. The lowest BCUT2D eigenvalue weighted by Crippen LogP contribution is -2.22. The number of anilines is 1. The maximum Gasteiger partial charge on any atom is 0.235 e. The lowest BCUT2D eigenvalue weighted by Gasteiger charge is -2.21. The zero-order chi connectivity index (χ0) is 12.3. The minimum atomic E-state index is 0.252. The summed E-state index contributed by atoms with van der Waals surface area (Å²) >= 11 is 0. The fraction of sp³-hybridized carbons (Fsp3) is 0.333. The molecule has 0 saturated carbocycles. The number of phenolic OH excluding ortho intramolecular Hbond substituents is 1. The minimum Gasteiger partial charge on any atom is -0.508 e. The van der Waals surface area contributed by atoms with Crippen LogP contribution in [0.25, 0.3) is 0 Å². The normalized spacial score (nSPS) is 10.5. The molecule has 0 spiro atoms. The predicted molar refractivity (Wildman–Crippen MR) is 63.9 cm³/mol. The Hall–Kier alpha value is -2.04. The second kappa shape index (κ2) is 4.86. The van der Waals surface area contributed by atoms with Gasteiger partial charge in [0.2, 0.25) is 11.8 Å². The van der Waals surface area contributed by atoms with Crippen molar-refractivity contribution < 1.29 is 9.52 Å². The van der Waals surface area contributed by atoms with Crippen molar-refractivity contribution in [1.29, 1.82) is 0 Å². The van der Waals surface area contributed by atoms with Crippen LogP contribution in [0.4, 0.5) is 5.69 Å². The van der Waals surface area contributed by atoms with Crippen LogP contribution in [0.15, 0.2) is 28.7 Å². The van der Waals surface area contributed by atoms with E-state index in [-0.39, 0.29) is 5.75 Å². The van der Waals surface area contributed by atoms with E-state index < -0.39 is 0 Å². The van der Waals surface area contributed by atoms with Gasteiger partial charge in [-0.15, -0.1) is 10.2 Å². The first-order chi connectivity index (χ1) is 8.19. The second-order valence-corrected chi connectivity index (χ2v) is 3.75. The molecule has 2 rings (SSSR count). The summed E-state index contributed by atoms with van der Waals surface area (Å²) in [6, 6.07) is 7.11. The average Bonchev–Trinajstić information content (AvgIpc) is 2.72. The van der Waals surface area contributed by atoms with Crippen LogP contribution in [0.5, 0.6) is 5.75 Å². The minimum absolute atomic E-state index is 0.252. The van der Waals surface area contributed by atoms with Crippen molar-refractivity contribution in [2.75, 3.05) is 11.4 Å². The third kappa shape index (κ3) is 2.75. The molecule has 0 radical (unpaired) electrons. The lowest BCUT2D eigenvalue weighted by atomic mass is 10.2. The van der Waals surface area contributed by atoms with Crippen LogP contribution in [-0.2, 0) is 6.54 Å². The first-order valence-electron chi connectivity index (χ1n) is 5.52. The van der Waals surface area contributed by atoms with Crippen LogP contribution in [0.3, 0.4) is 0 Å². The summed E-state index contributed by atoms with van der Waals surface area (Å²) in [4.78, 5) is 2.05. The van der Waals surface area contributed by atoms with Gasteiger partial charge in [0.05, 0.1) is 6.54 Å². The van der Waals surface area contributed by atoms with E-state index in [9.17, 15) is 5.11 Å². The SMILES string of the molecule is CCN(Cc1nnc(C)o1)c1cccc(O)c1. The summed E-state index contributed by atoms with van der Waals surface area (Å²) in [5, 5.41) is 17.2. The van der Waals surface area contributed by atoms with Crippen LogP contribution in [0, 0.1) is 6.92 Å². The summed E-state index contributed by atoms with van der Waals surface area (Å²) in [6.45, 7) is 5.14. The van der Waals surface area contributed by atoms with Gasteiger partial charge in [0.25, 0.3) is 0 Å². The van der Waals surface area contributed by atoms with E-state index in [4.69, 9.17) is 4.42 Å². The Labute approximate surface area is 99.7 Å². The van der Waals surface area contributed by atoms with Gasteiger partial charge in [-0.25, -0.2) is 0 Å². The van der Waals surface area contributed by atoms with Gasteiger partial charge < -0.3 is 14.4 Å². The molecule has 0 aliphatic carbocycles. The summed E-state index contributed by atoms with van der Waals surface area (Å²) in [6.07, 6.45) is 0. The van der Waals surface area contributed by atoms with E-state index >= 15 is 0 Å². The Morgan fingerprint density at radius 1 is 1.35 bits per heavy atom. The van der Waals surface area contributed by atoms with Gasteiger partial charge in [-0.1, -0.05) is 6.07 Å². The van der Waals surface area contributed by atoms with Crippen LogP contribution in [-0.4, -0.2) is 21.8 Å². The summed E-state index contributed by atoms with van der Waals surface area (Å²) in [7, 11) is 0. The van der Waals surface area contributed by atoms with Crippen molar-refractivity contribution >= 4 is 5.69 Å². The second-order valence-electron chi connectivity index (χ2n) is 3.75. The summed E-state index contributed by atoms with van der Waals surface area (Å²) in [5.41, 5.74) is 0.934. The highest BCUT2D eigenvalue weighted by Gasteiger charge is 2.10. The van der Waals surface area contributed by atoms with Gasteiger partial charge >= 0.3 is 0 Å². The maximum absolute atomic E-state index is 9.45. The average molecular weight is 233 g/mol. The topological polar surface area (TPSA) is 62.4 Å². The largest absolute Gasteiger partial charge is 0.508 e. The fourth-order valence-corrected chi connectivity index (χ4v) is 1.64. The highest BCUT2D eigenvalue weighted by atomic mass is 16.4. The Bertz CT molecular complexity index is 496. The molecule has 1 aromatic carbocycles. The van der Waals surface area contributed by atoms with Crippen LogP contribution >= 0.6 is 0 Å². The molecule has 0 saturated heterocycles. The molecule has 1 N–H and O–H groups in total. The smallest absolute Gasteiger partial charge is 0.235 e. The first kappa shape index (κ1) is 11.4. The number of rotatable bonds is 4. The molecule has 2 aromatic rings. The number of hydrogen-bond acceptors (Lipinski definition) is 5. The fourth-order valence-electron chi connectivity index (χ4n) is 1.64. The van der Waals surface area contributed by atoms with Gasteiger partial charge in [0, 0.05) is 25.2 Å². The molecule has 0 bridgehead atoms. The monoisotopic (exact) mass is 233 g/mol. The van der Waals surface area contributed by atoms with Crippen LogP contribution < -0.4 is 4.90 Å². The van der Waals surface area contributed by atoms with E-state index in [0.29, 0.717) is 18.3 Å². The third-order valence-corrected chi connectivity index (χ3v) is 2.47. The summed E-state index contributed by atoms with van der Waals surface area (Å²) in [5.74, 6) is 1.39. The number of benzene rings is 1. The molecule has 1 aromatic heterocycles. The van der Waals surface area contributed by atoms with Crippen molar-refractivity contribution in [2.45, 2.75) is 20.4 Å². The molecule has 17 heavy (non-hydrogen) atoms. The van der Waals surface area contributed by atoms with E-state index in [1.54, 1.807) is 19.1 Å².